The molecule has 0 aliphatic heterocycles. The lowest BCUT2D eigenvalue weighted by atomic mass is 10.1. The molecule has 0 unspecified atom stereocenters. The Labute approximate surface area is 108 Å². The van der Waals surface area contributed by atoms with E-state index in [0.717, 1.165) is 11.0 Å². The summed E-state index contributed by atoms with van der Waals surface area (Å²) in [6.07, 6.45) is 0. The maximum Gasteiger partial charge on any atom is 0.176 e. The molecule has 0 radical (unpaired) electrons. The van der Waals surface area contributed by atoms with Crippen LogP contribution < -0.4 is 22.7 Å². The molecule has 0 spiro atoms. The van der Waals surface area contributed by atoms with Gasteiger partial charge >= 0.3 is 0 Å². The molecule has 0 aromatic heterocycles. The molecular formula is C12H19BrN2O. The minimum absolute atomic E-state index is 0. The number of rotatable bonds is 4. The van der Waals surface area contributed by atoms with Crippen LogP contribution in [0.5, 0.6) is 0 Å². The summed E-state index contributed by atoms with van der Waals surface area (Å²) in [5, 5.41) is 0. The summed E-state index contributed by atoms with van der Waals surface area (Å²) in [5.41, 5.74) is 7.22. The Bertz CT molecular complexity index is 341. The van der Waals surface area contributed by atoms with Crippen LogP contribution >= 0.6 is 0 Å². The third-order valence-electron chi connectivity index (χ3n) is 2.12. The smallest absolute Gasteiger partial charge is 0.176 e. The summed E-state index contributed by atoms with van der Waals surface area (Å²) >= 11 is 0. The lowest BCUT2D eigenvalue weighted by molar-refractivity contribution is -0.884. The van der Waals surface area contributed by atoms with Crippen molar-refractivity contribution >= 4 is 5.78 Å². The highest BCUT2D eigenvalue weighted by Gasteiger charge is 2.09. The highest BCUT2D eigenvalue weighted by Crippen LogP contribution is 2.09. The first-order chi connectivity index (χ1) is 6.92. The average molecular weight is 287 g/mol. The van der Waals surface area contributed by atoms with Gasteiger partial charge in [-0.25, -0.2) is 0 Å². The first-order valence-corrected chi connectivity index (χ1v) is 5.05. The lowest BCUT2D eigenvalue weighted by Gasteiger charge is -2.23. The van der Waals surface area contributed by atoms with E-state index in [0.29, 0.717) is 5.56 Å². The second-order valence-corrected chi connectivity index (χ2v) is 4.77. The van der Waals surface area contributed by atoms with Gasteiger partial charge in [0.2, 0.25) is 0 Å². The molecule has 0 bridgehead atoms. The van der Waals surface area contributed by atoms with Crippen molar-refractivity contribution in [3.63, 3.8) is 0 Å². The number of hydrogen-bond donors (Lipinski definition) is 1. The van der Waals surface area contributed by atoms with Gasteiger partial charge in [0.15, 0.2) is 5.78 Å². The number of quaternary nitrogens is 1. The van der Waals surface area contributed by atoms with Crippen molar-refractivity contribution in [1.29, 1.82) is 0 Å². The molecule has 1 aromatic rings. The molecule has 90 valence electrons. The van der Waals surface area contributed by atoms with E-state index in [4.69, 9.17) is 5.73 Å². The van der Waals surface area contributed by atoms with Crippen LogP contribution in [-0.4, -0.2) is 38.0 Å². The highest BCUT2D eigenvalue weighted by molar-refractivity contribution is 5.97. The van der Waals surface area contributed by atoms with E-state index in [2.05, 4.69) is 21.1 Å². The van der Waals surface area contributed by atoms with Gasteiger partial charge in [-0.15, -0.1) is 0 Å². The highest BCUT2D eigenvalue weighted by atomic mass is 79.9. The Morgan fingerprint density at radius 3 is 2.06 bits per heavy atom. The summed E-state index contributed by atoms with van der Waals surface area (Å²) in [5.74, 6) is -0.00759. The Hall–Kier alpha value is -0.710. The van der Waals surface area contributed by atoms with Gasteiger partial charge in [0.05, 0.1) is 27.7 Å². The van der Waals surface area contributed by atoms with Crippen molar-refractivity contribution in [2.45, 2.75) is 6.54 Å². The molecule has 0 atom stereocenters. The summed E-state index contributed by atoms with van der Waals surface area (Å²) in [6, 6.07) is 7.68. The zero-order chi connectivity index (χ0) is 11.5. The quantitative estimate of drug-likeness (QED) is 0.516. The fourth-order valence-electron chi connectivity index (χ4n) is 1.46. The van der Waals surface area contributed by atoms with Crippen LogP contribution in [0.15, 0.2) is 24.3 Å². The number of carbonyl (C=O) groups excluding carboxylic acids is 1. The van der Waals surface area contributed by atoms with Crippen LogP contribution in [0.1, 0.15) is 15.9 Å². The van der Waals surface area contributed by atoms with Gasteiger partial charge in [-0.3, -0.25) is 4.79 Å². The van der Waals surface area contributed by atoms with Crippen LogP contribution in [0.3, 0.4) is 0 Å². The Kier molecular flexibility index (Phi) is 5.86. The van der Waals surface area contributed by atoms with E-state index in [1.807, 2.05) is 24.3 Å². The zero-order valence-electron chi connectivity index (χ0n) is 10.0. The van der Waals surface area contributed by atoms with Gasteiger partial charge in [0, 0.05) is 11.1 Å². The molecule has 1 rings (SSSR count). The number of nitrogens with two attached hydrogens (primary N) is 1. The molecule has 0 amide bonds. The van der Waals surface area contributed by atoms with E-state index in [1.165, 1.54) is 5.56 Å². The monoisotopic (exact) mass is 286 g/mol. The van der Waals surface area contributed by atoms with Gasteiger partial charge in [-0.1, -0.05) is 24.3 Å². The number of ketones is 1. The fourth-order valence-corrected chi connectivity index (χ4v) is 1.46. The molecule has 16 heavy (non-hydrogen) atoms. The maximum atomic E-state index is 11.3. The molecule has 0 aliphatic carbocycles. The number of nitrogens with zero attached hydrogens (tertiary/aromatic N) is 1. The fraction of sp³-hybridized carbons (Fsp3) is 0.417. The molecular weight excluding hydrogens is 268 g/mol. The average Bonchev–Trinajstić information content (AvgIpc) is 2.15. The second kappa shape index (κ2) is 6.13. The van der Waals surface area contributed by atoms with Gasteiger partial charge in [0.1, 0.15) is 6.54 Å². The van der Waals surface area contributed by atoms with Crippen LogP contribution in [0.4, 0.5) is 0 Å². The molecule has 0 fully saturated rings. The van der Waals surface area contributed by atoms with Crippen LogP contribution in [-0.2, 0) is 6.54 Å². The topological polar surface area (TPSA) is 43.1 Å². The van der Waals surface area contributed by atoms with Crippen LogP contribution in [0, 0.1) is 0 Å². The van der Waals surface area contributed by atoms with E-state index in [1.54, 1.807) is 0 Å². The van der Waals surface area contributed by atoms with E-state index < -0.39 is 0 Å². The second-order valence-electron chi connectivity index (χ2n) is 4.77. The van der Waals surface area contributed by atoms with Crippen LogP contribution in [0.2, 0.25) is 0 Å². The minimum atomic E-state index is -0.00759. The number of hydrogen-bond acceptors (Lipinski definition) is 2. The first-order valence-electron chi connectivity index (χ1n) is 5.05. The number of halogens is 1. The number of benzene rings is 1. The SMILES string of the molecule is C[N+](C)(C)Cc1ccc(C(=O)CN)cc1.[Br-]. The predicted octanol–water partition coefficient (Wildman–Crippen LogP) is -1.96. The van der Waals surface area contributed by atoms with Crippen molar-refractivity contribution in [2.75, 3.05) is 27.7 Å². The van der Waals surface area contributed by atoms with Crippen LogP contribution in [0.25, 0.3) is 0 Å². The Balaban J connectivity index is 0.00000225. The van der Waals surface area contributed by atoms with Gasteiger partial charge in [-0.05, 0) is 0 Å². The van der Waals surface area contributed by atoms with E-state index in [-0.39, 0.29) is 29.3 Å². The van der Waals surface area contributed by atoms with E-state index >= 15 is 0 Å². The molecule has 0 saturated heterocycles. The van der Waals surface area contributed by atoms with Gasteiger partial charge in [-0.2, -0.15) is 0 Å². The molecule has 3 nitrogen and oxygen atoms in total. The molecule has 0 saturated carbocycles. The van der Waals surface area contributed by atoms with Crippen molar-refractivity contribution in [1.82, 2.24) is 0 Å². The number of Topliss-reactive ketones (excluding diaryl/α,β-unsaturated/α-hetero) is 1. The normalized spacial score (nSPS) is 10.8. The van der Waals surface area contributed by atoms with Crippen molar-refractivity contribution in [3.05, 3.63) is 35.4 Å². The molecule has 0 heterocycles. The summed E-state index contributed by atoms with van der Waals surface area (Å²) in [6.45, 7) is 1.03. The van der Waals surface area contributed by atoms with Gasteiger partial charge < -0.3 is 27.2 Å². The van der Waals surface area contributed by atoms with Crippen molar-refractivity contribution < 1.29 is 26.3 Å². The molecule has 2 N–H and O–H groups in total. The first kappa shape index (κ1) is 15.3. The predicted molar refractivity (Wildman–Crippen MR) is 61.6 cm³/mol. The third-order valence-corrected chi connectivity index (χ3v) is 2.12. The minimum Gasteiger partial charge on any atom is -1.00 e. The summed E-state index contributed by atoms with van der Waals surface area (Å²) in [4.78, 5) is 11.3. The van der Waals surface area contributed by atoms with Crippen molar-refractivity contribution in [3.8, 4) is 0 Å². The number of carbonyl (C=O) groups is 1. The zero-order valence-corrected chi connectivity index (χ0v) is 11.6. The molecule has 1 aromatic carbocycles. The summed E-state index contributed by atoms with van der Waals surface area (Å²) < 4.78 is 0.879. The largest absolute Gasteiger partial charge is 1.00 e. The molecule has 4 heteroatoms. The third kappa shape index (κ3) is 4.88. The van der Waals surface area contributed by atoms with Crippen molar-refractivity contribution in [2.24, 2.45) is 5.73 Å². The summed E-state index contributed by atoms with van der Waals surface area (Å²) in [7, 11) is 6.41. The standard InChI is InChI=1S/C12H19N2O.BrH/c1-14(2,3)9-10-4-6-11(7-5-10)12(15)8-13;/h4-7H,8-9,13H2,1-3H3;1H/q+1;/p-1. The maximum absolute atomic E-state index is 11.3. The molecule has 0 aliphatic rings. The van der Waals surface area contributed by atoms with Gasteiger partial charge in [0.25, 0.3) is 0 Å². The Morgan fingerprint density at radius 2 is 1.69 bits per heavy atom. The lowest BCUT2D eigenvalue weighted by Crippen LogP contribution is -3.00. The van der Waals surface area contributed by atoms with E-state index in [9.17, 15) is 4.79 Å². The Morgan fingerprint density at radius 1 is 1.19 bits per heavy atom.